The molecule has 9 N–H and O–H groups in total. The summed E-state index contributed by atoms with van der Waals surface area (Å²) < 4.78 is 0. The molecule has 30 heavy (non-hydrogen) atoms. The smallest absolute Gasteiger partial charge is 0.327 e. The number of thiol groups is 1. The van der Waals surface area contributed by atoms with E-state index in [-0.39, 0.29) is 30.6 Å². The highest BCUT2D eigenvalue weighted by Crippen LogP contribution is 2.18. The van der Waals surface area contributed by atoms with Crippen molar-refractivity contribution in [3.8, 4) is 0 Å². The SMILES string of the molecule is CC(N)C(=O)N1CCCC1C(=O)NC(CCCN=C(N)N)C(=O)NC(CS)C(=O)O. The summed E-state index contributed by atoms with van der Waals surface area (Å²) in [4.78, 5) is 54.1. The molecule has 13 heteroatoms. The standard InChI is InChI=1S/C17H31N7O5S/c1-9(18)15(27)24-7-3-5-12(24)14(26)22-10(4-2-6-21-17(19)20)13(25)23-11(8-30)16(28)29/h9-12,30H,2-8,18H2,1H3,(H,22,26)(H,23,25)(H,28,29)(H4,19,20,21). The maximum Gasteiger partial charge on any atom is 0.327 e. The van der Waals surface area contributed by atoms with Crippen LogP contribution in [0.4, 0.5) is 0 Å². The topological polar surface area (TPSA) is 206 Å². The van der Waals surface area contributed by atoms with Crippen molar-refractivity contribution in [1.82, 2.24) is 15.5 Å². The Morgan fingerprint density at radius 1 is 1.23 bits per heavy atom. The van der Waals surface area contributed by atoms with Crippen molar-refractivity contribution in [3.05, 3.63) is 0 Å². The van der Waals surface area contributed by atoms with Crippen LogP contribution in [-0.4, -0.2) is 82.7 Å². The van der Waals surface area contributed by atoms with Gasteiger partial charge in [-0.2, -0.15) is 12.6 Å². The number of amides is 3. The third-order valence-electron chi connectivity index (χ3n) is 4.60. The van der Waals surface area contributed by atoms with Crippen LogP contribution in [0, 0.1) is 0 Å². The number of nitrogens with one attached hydrogen (secondary N) is 2. The predicted molar refractivity (Wildman–Crippen MR) is 114 cm³/mol. The molecule has 0 aliphatic carbocycles. The number of rotatable bonds is 11. The van der Waals surface area contributed by atoms with Crippen LogP contribution in [0.2, 0.25) is 0 Å². The largest absolute Gasteiger partial charge is 0.480 e. The zero-order chi connectivity index (χ0) is 22.8. The summed E-state index contributed by atoms with van der Waals surface area (Å²) >= 11 is 3.92. The second kappa shape index (κ2) is 12.2. The molecule has 3 amide bonds. The number of guanidine groups is 1. The molecule has 0 aromatic heterocycles. The highest BCUT2D eigenvalue weighted by molar-refractivity contribution is 7.80. The third-order valence-corrected chi connectivity index (χ3v) is 4.97. The maximum atomic E-state index is 12.8. The fourth-order valence-corrected chi connectivity index (χ4v) is 3.31. The molecule has 4 atom stereocenters. The molecular weight excluding hydrogens is 414 g/mol. The number of likely N-dealkylation sites (tertiary alicyclic amines) is 1. The van der Waals surface area contributed by atoms with Crippen LogP contribution in [-0.2, 0) is 19.2 Å². The van der Waals surface area contributed by atoms with E-state index in [0.717, 1.165) is 0 Å². The van der Waals surface area contributed by atoms with E-state index in [2.05, 4.69) is 28.3 Å². The van der Waals surface area contributed by atoms with Crippen LogP contribution in [0.1, 0.15) is 32.6 Å². The molecule has 0 aromatic rings. The van der Waals surface area contributed by atoms with Crippen molar-refractivity contribution in [2.45, 2.75) is 56.8 Å². The lowest BCUT2D eigenvalue weighted by atomic mass is 10.1. The third kappa shape index (κ3) is 7.71. The van der Waals surface area contributed by atoms with Crippen molar-refractivity contribution in [2.24, 2.45) is 22.2 Å². The highest BCUT2D eigenvalue weighted by atomic mass is 32.1. The van der Waals surface area contributed by atoms with Crippen molar-refractivity contribution in [2.75, 3.05) is 18.8 Å². The number of hydrogen-bond acceptors (Lipinski definition) is 7. The summed E-state index contributed by atoms with van der Waals surface area (Å²) in [5.41, 5.74) is 16.2. The van der Waals surface area contributed by atoms with Gasteiger partial charge >= 0.3 is 5.97 Å². The van der Waals surface area contributed by atoms with Gasteiger partial charge in [0.1, 0.15) is 18.1 Å². The summed E-state index contributed by atoms with van der Waals surface area (Å²) in [5, 5.41) is 14.1. The molecule has 1 aliphatic heterocycles. The number of hydrogen-bond donors (Lipinski definition) is 7. The Hall–Kier alpha value is -2.54. The Bertz CT molecular complexity index is 669. The number of aliphatic imine (C=N–C) groups is 1. The Morgan fingerprint density at radius 2 is 1.90 bits per heavy atom. The lowest BCUT2D eigenvalue weighted by Gasteiger charge is -2.27. The van der Waals surface area contributed by atoms with Gasteiger partial charge in [-0.15, -0.1) is 0 Å². The Morgan fingerprint density at radius 3 is 2.43 bits per heavy atom. The maximum absolute atomic E-state index is 12.8. The van der Waals surface area contributed by atoms with E-state index in [1.54, 1.807) is 6.92 Å². The molecule has 1 heterocycles. The minimum atomic E-state index is -1.24. The average Bonchev–Trinajstić information content (AvgIpc) is 3.16. The minimum Gasteiger partial charge on any atom is -0.480 e. The van der Waals surface area contributed by atoms with Crippen molar-refractivity contribution < 1.29 is 24.3 Å². The van der Waals surface area contributed by atoms with Gasteiger partial charge in [0.15, 0.2) is 5.96 Å². The summed E-state index contributed by atoms with van der Waals surface area (Å²) in [6, 6.07) is -3.72. The molecule has 0 aromatic carbocycles. The fraction of sp³-hybridized carbons (Fsp3) is 0.706. The first kappa shape index (κ1) is 25.5. The molecule has 1 aliphatic rings. The Kier molecular flexibility index (Phi) is 10.4. The van der Waals surface area contributed by atoms with Gasteiger partial charge in [0.25, 0.3) is 0 Å². The second-order valence-electron chi connectivity index (χ2n) is 7.07. The normalized spacial score (nSPS) is 18.8. The molecule has 12 nitrogen and oxygen atoms in total. The zero-order valence-electron chi connectivity index (χ0n) is 16.9. The molecule has 0 radical (unpaired) electrons. The number of carbonyl (C=O) groups excluding carboxylic acids is 3. The zero-order valence-corrected chi connectivity index (χ0v) is 17.8. The van der Waals surface area contributed by atoms with Crippen LogP contribution < -0.4 is 27.8 Å². The lowest BCUT2D eigenvalue weighted by Crippen LogP contribution is -2.56. The first-order valence-corrected chi connectivity index (χ1v) is 10.3. The van der Waals surface area contributed by atoms with Crippen LogP contribution in [0.15, 0.2) is 4.99 Å². The first-order valence-electron chi connectivity index (χ1n) is 9.64. The molecule has 1 saturated heterocycles. The summed E-state index contributed by atoms with van der Waals surface area (Å²) in [5.74, 6) is -2.97. The summed E-state index contributed by atoms with van der Waals surface area (Å²) in [6.07, 6.45) is 1.61. The van der Waals surface area contributed by atoms with Gasteiger partial charge in [0, 0.05) is 18.8 Å². The quantitative estimate of drug-likeness (QED) is 0.0772. The van der Waals surface area contributed by atoms with Gasteiger partial charge in [0.2, 0.25) is 17.7 Å². The average molecular weight is 446 g/mol. The molecule has 0 bridgehead atoms. The predicted octanol–water partition coefficient (Wildman–Crippen LogP) is -2.64. The van der Waals surface area contributed by atoms with Gasteiger partial charge in [-0.3, -0.25) is 19.4 Å². The van der Waals surface area contributed by atoms with Crippen LogP contribution in [0.5, 0.6) is 0 Å². The Labute approximate surface area is 180 Å². The molecule has 1 fully saturated rings. The number of nitrogens with zero attached hydrogens (tertiary/aromatic N) is 2. The monoisotopic (exact) mass is 445 g/mol. The van der Waals surface area contributed by atoms with Crippen molar-refractivity contribution in [3.63, 3.8) is 0 Å². The van der Waals surface area contributed by atoms with E-state index < -0.39 is 42.0 Å². The van der Waals surface area contributed by atoms with Gasteiger partial charge in [-0.1, -0.05) is 0 Å². The summed E-state index contributed by atoms with van der Waals surface area (Å²) in [6.45, 7) is 2.18. The van der Waals surface area contributed by atoms with E-state index in [4.69, 9.17) is 22.3 Å². The van der Waals surface area contributed by atoms with Gasteiger partial charge in [-0.25, -0.2) is 4.79 Å². The minimum absolute atomic E-state index is 0.0999. The van der Waals surface area contributed by atoms with Crippen molar-refractivity contribution in [1.29, 1.82) is 0 Å². The second-order valence-corrected chi connectivity index (χ2v) is 7.44. The van der Waals surface area contributed by atoms with Gasteiger partial charge < -0.3 is 37.8 Å². The van der Waals surface area contributed by atoms with Gasteiger partial charge in [0.05, 0.1) is 6.04 Å². The number of nitrogens with two attached hydrogens (primary N) is 3. The van der Waals surface area contributed by atoms with Crippen molar-refractivity contribution >= 4 is 42.3 Å². The summed E-state index contributed by atoms with van der Waals surface area (Å²) in [7, 11) is 0. The molecule has 1 rings (SSSR count). The Balaban J connectivity index is 2.88. The number of carboxylic acid groups (broad SMARTS) is 1. The van der Waals surface area contributed by atoms with E-state index >= 15 is 0 Å². The number of carboxylic acids is 1. The van der Waals surface area contributed by atoms with E-state index in [9.17, 15) is 19.2 Å². The van der Waals surface area contributed by atoms with E-state index in [0.29, 0.717) is 25.8 Å². The number of carbonyl (C=O) groups is 4. The molecular formula is C17H31N7O5S. The molecule has 0 saturated carbocycles. The highest BCUT2D eigenvalue weighted by Gasteiger charge is 2.37. The van der Waals surface area contributed by atoms with Crippen LogP contribution in [0.25, 0.3) is 0 Å². The number of aliphatic carboxylic acids is 1. The molecule has 4 unspecified atom stereocenters. The first-order chi connectivity index (χ1) is 14.1. The molecule has 0 spiro atoms. The fourth-order valence-electron chi connectivity index (χ4n) is 3.06. The van der Waals surface area contributed by atoms with Crippen LogP contribution in [0.3, 0.4) is 0 Å². The van der Waals surface area contributed by atoms with Crippen LogP contribution >= 0.6 is 12.6 Å². The lowest BCUT2D eigenvalue weighted by molar-refractivity contribution is -0.142. The van der Waals surface area contributed by atoms with E-state index in [1.807, 2.05) is 0 Å². The van der Waals surface area contributed by atoms with E-state index in [1.165, 1.54) is 4.90 Å². The van der Waals surface area contributed by atoms with Gasteiger partial charge in [-0.05, 0) is 32.6 Å². The molecule has 170 valence electrons.